The summed E-state index contributed by atoms with van der Waals surface area (Å²) in [5, 5.41) is 0.964. The normalized spacial score (nSPS) is 15.2. The molecule has 1 aliphatic rings. The summed E-state index contributed by atoms with van der Waals surface area (Å²) in [6.45, 7) is 3.62. The molecule has 1 aliphatic heterocycles. The summed E-state index contributed by atoms with van der Waals surface area (Å²) < 4.78 is 32.5. The van der Waals surface area contributed by atoms with E-state index in [4.69, 9.17) is 27.9 Å². The Morgan fingerprint density at radius 3 is 2.33 bits per heavy atom. The van der Waals surface area contributed by atoms with Gasteiger partial charge in [0, 0.05) is 37.6 Å². The highest BCUT2D eigenvalue weighted by molar-refractivity contribution is 7.89. The average molecular weight is 471 g/mol. The molecular weight excluding hydrogens is 447 g/mol. The predicted molar refractivity (Wildman–Crippen MR) is 118 cm³/mol. The lowest BCUT2D eigenvalue weighted by atomic mass is 10.2. The van der Waals surface area contributed by atoms with E-state index in [-0.39, 0.29) is 10.8 Å². The molecule has 0 bridgehead atoms. The highest BCUT2D eigenvalue weighted by Gasteiger charge is 2.29. The van der Waals surface area contributed by atoms with Crippen molar-refractivity contribution < 1.29 is 17.9 Å². The number of sulfonamides is 1. The van der Waals surface area contributed by atoms with E-state index < -0.39 is 10.0 Å². The topological polar surface area (TPSA) is 66.9 Å². The van der Waals surface area contributed by atoms with Crippen LogP contribution in [0.15, 0.2) is 47.4 Å². The summed E-state index contributed by atoms with van der Waals surface area (Å²) in [4.78, 5) is 14.4. The Morgan fingerprint density at radius 1 is 1.03 bits per heavy atom. The van der Waals surface area contributed by atoms with Crippen molar-refractivity contribution in [1.29, 1.82) is 0 Å². The Kier molecular flexibility index (Phi) is 7.63. The van der Waals surface area contributed by atoms with E-state index in [1.54, 1.807) is 47.4 Å². The highest BCUT2D eigenvalue weighted by atomic mass is 35.5. The number of hydrogen-bond acceptors (Lipinski definition) is 4. The third kappa shape index (κ3) is 5.66. The Morgan fingerprint density at radius 2 is 1.70 bits per heavy atom. The average Bonchev–Trinajstić information content (AvgIpc) is 2.72. The molecule has 162 valence electrons. The van der Waals surface area contributed by atoms with Crippen molar-refractivity contribution in [1.82, 2.24) is 9.21 Å². The van der Waals surface area contributed by atoms with E-state index in [2.05, 4.69) is 0 Å². The van der Waals surface area contributed by atoms with Crippen LogP contribution in [0.25, 0.3) is 0 Å². The number of hydrogen-bond donors (Lipinski definition) is 0. The molecule has 1 saturated heterocycles. The Hall–Kier alpha value is -1.80. The Bertz CT molecular complexity index is 989. The van der Waals surface area contributed by atoms with Crippen LogP contribution < -0.4 is 4.74 Å². The summed E-state index contributed by atoms with van der Waals surface area (Å²) in [5.41, 5.74) is 1.01. The van der Waals surface area contributed by atoms with Crippen LogP contribution in [0.3, 0.4) is 0 Å². The largest absolute Gasteiger partial charge is 0.492 e. The van der Waals surface area contributed by atoms with Gasteiger partial charge in [-0.3, -0.25) is 4.79 Å². The van der Waals surface area contributed by atoms with Crippen LogP contribution in [0.2, 0.25) is 10.0 Å². The molecule has 1 fully saturated rings. The van der Waals surface area contributed by atoms with E-state index in [0.29, 0.717) is 61.4 Å². The minimum Gasteiger partial charge on any atom is -0.492 e. The van der Waals surface area contributed by atoms with Gasteiger partial charge in [-0.2, -0.15) is 4.31 Å². The molecule has 0 radical (unpaired) electrons. The first kappa shape index (κ1) is 22.9. The molecule has 6 nitrogen and oxygen atoms in total. The van der Waals surface area contributed by atoms with Crippen molar-refractivity contribution in [3.63, 3.8) is 0 Å². The standard InChI is InChI=1S/C21H24Cl2N2O4S/c1-16-4-7-18(8-5-16)30(27,28)25-12-10-24(11-13-25)21(26)3-2-14-29-20-9-6-17(22)15-19(20)23/h4-9,15H,2-3,10-14H2,1H3. The zero-order valence-corrected chi connectivity index (χ0v) is 19.0. The first-order valence-corrected chi connectivity index (χ1v) is 11.9. The summed E-state index contributed by atoms with van der Waals surface area (Å²) in [5.74, 6) is 0.525. The summed E-state index contributed by atoms with van der Waals surface area (Å²) >= 11 is 11.9. The number of piperazine rings is 1. The van der Waals surface area contributed by atoms with Gasteiger partial charge in [-0.15, -0.1) is 0 Å². The fourth-order valence-corrected chi connectivity index (χ4v) is 5.08. The second-order valence-corrected chi connectivity index (χ2v) is 9.91. The van der Waals surface area contributed by atoms with Gasteiger partial charge in [0.25, 0.3) is 0 Å². The molecule has 0 spiro atoms. The number of benzene rings is 2. The molecule has 0 unspecified atom stereocenters. The van der Waals surface area contributed by atoms with Gasteiger partial charge in [0.15, 0.2) is 0 Å². The van der Waals surface area contributed by atoms with Crippen LogP contribution in [0.4, 0.5) is 0 Å². The minimum atomic E-state index is -3.53. The molecule has 9 heteroatoms. The summed E-state index contributed by atoms with van der Waals surface area (Å²) in [7, 11) is -3.53. The molecule has 0 aromatic heterocycles. The number of carbonyl (C=O) groups is 1. The van der Waals surface area contributed by atoms with Crippen molar-refractivity contribution >= 4 is 39.1 Å². The molecule has 2 aromatic carbocycles. The van der Waals surface area contributed by atoms with Gasteiger partial charge < -0.3 is 9.64 Å². The van der Waals surface area contributed by atoms with Crippen molar-refractivity contribution in [2.45, 2.75) is 24.7 Å². The fraction of sp³-hybridized carbons (Fsp3) is 0.381. The molecule has 1 amide bonds. The van der Waals surface area contributed by atoms with Gasteiger partial charge >= 0.3 is 0 Å². The molecule has 0 N–H and O–H groups in total. The molecule has 30 heavy (non-hydrogen) atoms. The highest BCUT2D eigenvalue weighted by Crippen LogP contribution is 2.27. The zero-order chi connectivity index (χ0) is 21.7. The van der Waals surface area contributed by atoms with E-state index in [1.165, 1.54) is 4.31 Å². The van der Waals surface area contributed by atoms with Crippen molar-refractivity contribution in [2.75, 3.05) is 32.8 Å². The number of nitrogens with zero attached hydrogens (tertiary/aromatic N) is 2. The van der Waals surface area contributed by atoms with Gasteiger partial charge in [-0.05, 0) is 43.7 Å². The van der Waals surface area contributed by atoms with Gasteiger partial charge in [0.1, 0.15) is 5.75 Å². The SMILES string of the molecule is Cc1ccc(S(=O)(=O)N2CCN(C(=O)CCCOc3ccc(Cl)cc3Cl)CC2)cc1. The zero-order valence-electron chi connectivity index (χ0n) is 16.7. The summed E-state index contributed by atoms with van der Waals surface area (Å²) in [6, 6.07) is 11.8. The smallest absolute Gasteiger partial charge is 0.243 e. The van der Waals surface area contributed by atoms with Crippen LogP contribution in [0, 0.1) is 6.92 Å². The fourth-order valence-electron chi connectivity index (χ4n) is 3.19. The maximum absolute atomic E-state index is 12.8. The van der Waals surface area contributed by atoms with Crippen LogP contribution in [-0.2, 0) is 14.8 Å². The van der Waals surface area contributed by atoms with Crippen LogP contribution in [-0.4, -0.2) is 56.3 Å². The van der Waals surface area contributed by atoms with Crippen molar-refractivity contribution in [2.24, 2.45) is 0 Å². The van der Waals surface area contributed by atoms with Gasteiger partial charge in [-0.1, -0.05) is 40.9 Å². The van der Waals surface area contributed by atoms with Gasteiger partial charge in [-0.25, -0.2) is 8.42 Å². The maximum atomic E-state index is 12.8. The first-order valence-electron chi connectivity index (χ1n) is 9.70. The van der Waals surface area contributed by atoms with Crippen molar-refractivity contribution in [3.05, 3.63) is 58.1 Å². The van der Waals surface area contributed by atoms with Crippen LogP contribution in [0.5, 0.6) is 5.75 Å². The predicted octanol–water partition coefficient (Wildman–Crippen LogP) is 3.99. The molecule has 0 saturated carbocycles. The third-order valence-electron chi connectivity index (χ3n) is 4.94. The van der Waals surface area contributed by atoms with Gasteiger partial charge in [0.2, 0.25) is 15.9 Å². The number of carbonyl (C=O) groups excluding carboxylic acids is 1. The Labute approximate surface area is 187 Å². The monoisotopic (exact) mass is 470 g/mol. The van der Waals surface area contributed by atoms with E-state index >= 15 is 0 Å². The lowest BCUT2D eigenvalue weighted by molar-refractivity contribution is -0.132. The third-order valence-corrected chi connectivity index (χ3v) is 7.38. The quantitative estimate of drug-likeness (QED) is 0.573. The van der Waals surface area contributed by atoms with E-state index in [0.717, 1.165) is 5.56 Å². The molecule has 0 atom stereocenters. The Balaban J connectivity index is 1.44. The lowest BCUT2D eigenvalue weighted by Crippen LogP contribution is -2.50. The van der Waals surface area contributed by atoms with Crippen LogP contribution in [0.1, 0.15) is 18.4 Å². The minimum absolute atomic E-state index is 0.00631. The van der Waals surface area contributed by atoms with Crippen LogP contribution >= 0.6 is 23.2 Å². The second-order valence-electron chi connectivity index (χ2n) is 7.12. The molecule has 0 aliphatic carbocycles. The van der Waals surface area contributed by atoms with Gasteiger partial charge in [0.05, 0.1) is 16.5 Å². The molecule has 1 heterocycles. The van der Waals surface area contributed by atoms with E-state index in [9.17, 15) is 13.2 Å². The molecule has 3 rings (SSSR count). The number of aryl methyl sites for hydroxylation is 1. The maximum Gasteiger partial charge on any atom is 0.243 e. The lowest BCUT2D eigenvalue weighted by Gasteiger charge is -2.34. The number of halogens is 2. The number of amides is 1. The van der Waals surface area contributed by atoms with E-state index in [1.807, 2.05) is 6.92 Å². The first-order chi connectivity index (χ1) is 14.3. The molecule has 2 aromatic rings. The summed E-state index contributed by atoms with van der Waals surface area (Å²) in [6.07, 6.45) is 0.871. The molecular formula is C21H24Cl2N2O4S. The second kappa shape index (κ2) is 10.0. The number of ether oxygens (including phenoxy) is 1. The van der Waals surface area contributed by atoms with Crippen molar-refractivity contribution in [3.8, 4) is 5.75 Å². The number of rotatable bonds is 7.